The topological polar surface area (TPSA) is 80.7 Å². The number of carbonyl (C=O) groups excluding carboxylic acids is 2. The van der Waals surface area contributed by atoms with E-state index in [0.29, 0.717) is 6.04 Å². The molecule has 174 valence electrons. The highest BCUT2D eigenvalue weighted by Crippen LogP contribution is 2.39. The first kappa shape index (κ1) is 22.3. The van der Waals surface area contributed by atoms with Crippen LogP contribution in [0.2, 0.25) is 0 Å². The maximum atomic E-state index is 13.7. The van der Waals surface area contributed by atoms with Gasteiger partial charge in [0.2, 0.25) is 5.91 Å². The molecule has 2 aliphatic carbocycles. The molecule has 0 atom stereocenters. The largest absolute Gasteiger partial charge is 0.368 e. The van der Waals surface area contributed by atoms with Crippen LogP contribution in [0.5, 0.6) is 0 Å². The minimum Gasteiger partial charge on any atom is -0.368 e. The molecule has 0 radical (unpaired) electrons. The van der Waals surface area contributed by atoms with Crippen LogP contribution in [0.3, 0.4) is 0 Å². The molecule has 3 fully saturated rings. The Labute approximate surface area is 199 Å². The number of thioether (sulfide) groups is 1. The van der Waals surface area contributed by atoms with Crippen LogP contribution in [0, 0.1) is 0 Å². The summed E-state index contributed by atoms with van der Waals surface area (Å²) in [5.41, 5.74) is 7.34. The van der Waals surface area contributed by atoms with Crippen LogP contribution in [0.4, 0.5) is 0 Å². The van der Waals surface area contributed by atoms with Gasteiger partial charge in [0.05, 0.1) is 10.9 Å². The summed E-state index contributed by atoms with van der Waals surface area (Å²) in [4.78, 5) is 33.1. The molecular formula is C26H32N4O2S. The van der Waals surface area contributed by atoms with Crippen LogP contribution in [0.1, 0.15) is 69.8 Å². The van der Waals surface area contributed by atoms with Crippen molar-refractivity contribution in [3.63, 3.8) is 0 Å². The van der Waals surface area contributed by atoms with E-state index in [0.717, 1.165) is 52.2 Å². The smallest absolute Gasteiger partial charge is 0.267 e. The average Bonchev–Trinajstić information content (AvgIpc) is 3.32. The molecule has 2 saturated carbocycles. The molecule has 1 aliphatic heterocycles. The Morgan fingerprint density at radius 3 is 2.48 bits per heavy atom. The molecule has 3 aliphatic rings. The standard InChI is InChI=1S/C26H32N4O2S/c27-24(31)17-29-16-18(21-13-7-8-14-22(21)29)15-23-25(32)30(20-11-5-2-6-12-20)26(33-23)28-19-9-3-1-4-10-19/h7-8,13-16,19-20H,1-6,9-12,17H2,(H2,27,31). The first-order chi connectivity index (χ1) is 16.1. The van der Waals surface area contributed by atoms with Gasteiger partial charge in [-0.2, -0.15) is 0 Å². The van der Waals surface area contributed by atoms with Gasteiger partial charge in [0, 0.05) is 28.7 Å². The Morgan fingerprint density at radius 1 is 1.06 bits per heavy atom. The van der Waals surface area contributed by atoms with Gasteiger partial charge in [-0.1, -0.05) is 56.7 Å². The van der Waals surface area contributed by atoms with Crippen molar-refractivity contribution in [2.24, 2.45) is 10.7 Å². The number of aliphatic imine (C=N–C) groups is 1. The van der Waals surface area contributed by atoms with E-state index in [1.807, 2.05) is 46.0 Å². The molecule has 7 heteroatoms. The molecule has 5 rings (SSSR count). The van der Waals surface area contributed by atoms with E-state index in [9.17, 15) is 9.59 Å². The van der Waals surface area contributed by atoms with Gasteiger partial charge in [0.15, 0.2) is 5.17 Å². The maximum absolute atomic E-state index is 13.7. The summed E-state index contributed by atoms with van der Waals surface area (Å²) in [7, 11) is 0. The molecule has 2 heterocycles. The fourth-order valence-electron chi connectivity index (χ4n) is 5.43. The molecule has 1 aromatic heterocycles. The number of hydrogen-bond acceptors (Lipinski definition) is 4. The number of amides is 2. The van der Waals surface area contributed by atoms with Crippen molar-refractivity contribution in [2.45, 2.75) is 82.8 Å². The highest BCUT2D eigenvalue weighted by atomic mass is 32.2. The number of fused-ring (bicyclic) bond motifs is 1. The van der Waals surface area contributed by atoms with E-state index in [4.69, 9.17) is 10.7 Å². The van der Waals surface area contributed by atoms with Gasteiger partial charge in [-0.05, 0) is 49.6 Å². The number of benzene rings is 1. The van der Waals surface area contributed by atoms with Gasteiger partial charge < -0.3 is 10.3 Å². The lowest BCUT2D eigenvalue weighted by atomic mass is 9.94. The van der Waals surface area contributed by atoms with Crippen LogP contribution in [-0.2, 0) is 16.1 Å². The van der Waals surface area contributed by atoms with Crippen molar-refractivity contribution < 1.29 is 9.59 Å². The SMILES string of the molecule is NC(=O)Cn1cc(C=C2SC(=NC3CCCCC3)N(C3CCCCC3)C2=O)c2ccccc21. The molecule has 0 bridgehead atoms. The lowest BCUT2D eigenvalue weighted by Gasteiger charge is -2.31. The number of primary amides is 1. The lowest BCUT2D eigenvalue weighted by molar-refractivity contribution is -0.124. The summed E-state index contributed by atoms with van der Waals surface area (Å²) in [6.45, 7) is 0.118. The molecule has 6 nitrogen and oxygen atoms in total. The second-order valence-electron chi connectivity index (χ2n) is 9.48. The van der Waals surface area contributed by atoms with Gasteiger partial charge in [-0.25, -0.2) is 0 Å². The number of hydrogen-bond donors (Lipinski definition) is 1. The summed E-state index contributed by atoms with van der Waals surface area (Å²) in [5, 5.41) is 1.91. The van der Waals surface area contributed by atoms with Crippen LogP contribution in [-0.4, -0.2) is 38.5 Å². The number of para-hydroxylation sites is 1. The van der Waals surface area contributed by atoms with E-state index < -0.39 is 0 Å². The zero-order valence-electron chi connectivity index (χ0n) is 19.0. The van der Waals surface area contributed by atoms with Gasteiger partial charge in [-0.15, -0.1) is 0 Å². The first-order valence-electron chi connectivity index (χ1n) is 12.3. The van der Waals surface area contributed by atoms with E-state index >= 15 is 0 Å². The monoisotopic (exact) mass is 464 g/mol. The molecule has 2 N–H and O–H groups in total. The second-order valence-corrected chi connectivity index (χ2v) is 10.5. The average molecular weight is 465 g/mol. The maximum Gasteiger partial charge on any atom is 0.267 e. The normalized spacial score (nSPS) is 23.3. The van der Waals surface area contributed by atoms with Gasteiger partial charge in [0.25, 0.3) is 5.91 Å². The number of rotatable bonds is 5. The van der Waals surface area contributed by atoms with Gasteiger partial charge in [-0.3, -0.25) is 19.5 Å². The van der Waals surface area contributed by atoms with Crippen molar-refractivity contribution >= 4 is 45.7 Å². The Balaban J connectivity index is 1.51. The summed E-state index contributed by atoms with van der Waals surface area (Å²) in [6.07, 6.45) is 15.6. The first-order valence-corrected chi connectivity index (χ1v) is 13.1. The predicted octanol–water partition coefficient (Wildman–Crippen LogP) is 5.06. The molecule has 1 aromatic carbocycles. The quantitative estimate of drug-likeness (QED) is 0.628. The summed E-state index contributed by atoms with van der Waals surface area (Å²) < 4.78 is 1.87. The number of carbonyl (C=O) groups is 2. The third kappa shape index (κ3) is 4.74. The highest BCUT2D eigenvalue weighted by molar-refractivity contribution is 8.18. The van der Waals surface area contributed by atoms with Crippen LogP contribution < -0.4 is 5.73 Å². The van der Waals surface area contributed by atoms with E-state index in [1.54, 1.807) is 0 Å². The lowest BCUT2D eigenvalue weighted by Crippen LogP contribution is -2.41. The molecule has 1 saturated heterocycles. The van der Waals surface area contributed by atoms with Crippen molar-refractivity contribution in [1.82, 2.24) is 9.47 Å². The molecule has 2 amide bonds. The Morgan fingerprint density at radius 2 is 1.76 bits per heavy atom. The van der Waals surface area contributed by atoms with Crippen LogP contribution >= 0.6 is 11.8 Å². The van der Waals surface area contributed by atoms with E-state index in [2.05, 4.69) is 0 Å². The number of aromatic nitrogens is 1. The Kier molecular flexibility index (Phi) is 6.58. The number of nitrogens with zero attached hydrogens (tertiary/aromatic N) is 3. The summed E-state index contributed by atoms with van der Waals surface area (Å²) >= 11 is 1.53. The fraction of sp³-hybridized carbons (Fsp3) is 0.500. The van der Waals surface area contributed by atoms with Crippen LogP contribution in [0.25, 0.3) is 17.0 Å². The molecule has 33 heavy (non-hydrogen) atoms. The highest BCUT2D eigenvalue weighted by Gasteiger charge is 2.39. The van der Waals surface area contributed by atoms with Crippen LogP contribution in [0.15, 0.2) is 40.4 Å². The van der Waals surface area contributed by atoms with Crippen molar-refractivity contribution in [2.75, 3.05) is 0 Å². The Hall–Kier alpha value is -2.54. The zero-order valence-corrected chi connectivity index (χ0v) is 19.9. The van der Waals surface area contributed by atoms with E-state index in [-0.39, 0.29) is 24.4 Å². The third-order valence-corrected chi connectivity index (χ3v) is 8.07. The van der Waals surface area contributed by atoms with Gasteiger partial charge in [0.1, 0.15) is 6.54 Å². The molecule has 0 unspecified atom stereocenters. The second kappa shape index (κ2) is 9.75. The van der Waals surface area contributed by atoms with Gasteiger partial charge >= 0.3 is 0 Å². The minimum atomic E-state index is -0.383. The molecular weight excluding hydrogens is 432 g/mol. The van der Waals surface area contributed by atoms with Crippen molar-refractivity contribution in [3.05, 3.63) is 40.9 Å². The Bertz CT molecular complexity index is 1110. The van der Waals surface area contributed by atoms with Crippen molar-refractivity contribution in [1.29, 1.82) is 0 Å². The fourth-order valence-corrected chi connectivity index (χ4v) is 6.53. The summed E-state index contributed by atoms with van der Waals surface area (Å²) in [6, 6.07) is 8.52. The third-order valence-electron chi connectivity index (χ3n) is 7.08. The van der Waals surface area contributed by atoms with E-state index in [1.165, 1.54) is 50.3 Å². The number of nitrogens with two attached hydrogens (primary N) is 1. The summed E-state index contributed by atoms with van der Waals surface area (Å²) in [5.74, 6) is -0.306. The van der Waals surface area contributed by atoms with Crippen molar-refractivity contribution in [3.8, 4) is 0 Å². The predicted molar refractivity (Wildman–Crippen MR) is 135 cm³/mol. The zero-order chi connectivity index (χ0) is 22.8. The molecule has 2 aromatic rings. The molecule has 0 spiro atoms. The minimum absolute atomic E-state index is 0.0770. The number of amidine groups is 1.